The first-order valence-electron chi connectivity index (χ1n) is 11.5. The zero-order chi connectivity index (χ0) is 20.1. The minimum atomic E-state index is -0.217. The van der Waals surface area contributed by atoms with Crippen LogP contribution < -0.4 is 5.32 Å². The van der Waals surface area contributed by atoms with Crippen molar-refractivity contribution in [2.24, 2.45) is 5.41 Å². The summed E-state index contributed by atoms with van der Waals surface area (Å²) in [4.78, 5) is 17.6. The van der Waals surface area contributed by atoms with Crippen molar-refractivity contribution in [2.75, 3.05) is 39.4 Å². The summed E-state index contributed by atoms with van der Waals surface area (Å²) < 4.78 is 5.85. The summed E-state index contributed by atoms with van der Waals surface area (Å²) in [7, 11) is 0. The highest BCUT2D eigenvalue weighted by molar-refractivity contribution is 7.14. The van der Waals surface area contributed by atoms with Crippen LogP contribution in [0.5, 0.6) is 0 Å². The van der Waals surface area contributed by atoms with Crippen LogP contribution in [0.15, 0.2) is 6.07 Å². The monoisotopic (exact) mass is 420 g/mol. The van der Waals surface area contributed by atoms with Gasteiger partial charge in [-0.2, -0.15) is 0 Å². The Balaban J connectivity index is 1.39. The molecule has 6 heteroatoms. The number of likely N-dealkylation sites (tertiary alicyclic amines) is 1. The fourth-order valence-corrected chi connectivity index (χ4v) is 6.36. The van der Waals surface area contributed by atoms with E-state index in [-0.39, 0.29) is 17.4 Å². The molecular formula is C23H36N2O3S. The highest BCUT2D eigenvalue weighted by Gasteiger charge is 2.36. The van der Waals surface area contributed by atoms with Crippen LogP contribution in [0.25, 0.3) is 0 Å². The second kappa shape index (κ2) is 9.90. The molecule has 29 heavy (non-hydrogen) atoms. The molecule has 0 spiro atoms. The lowest BCUT2D eigenvalue weighted by Crippen LogP contribution is -2.52. The summed E-state index contributed by atoms with van der Waals surface area (Å²) >= 11 is 1.70. The van der Waals surface area contributed by atoms with E-state index < -0.39 is 0 Å². The lowest BCUT2D eigenvalue weighted by molar-refractivity contribution is -0.0380. The molecule has 3 aliphatic rings. The number of carbonyl (C=O) groups excluding carboxylic acids is 1. The lowest BCUT2D eigenvalue weighted by atomic mass is 9.81. The Bertz CT molecular complexity index is 658. The van der Waals surface area contributed by atoms with Crippen molar-refractivity contribution in [1.82, 2.24) is 10.2 Å². The normalized spacial score (nSPS) is 28.9. The van der Waals surface area contributed by atoms with E-state index in [4.69, 9.17) is 4.74 Å². The van der Waals surface area contributed by atoms with Crippen LogP contribution in [-0.4, -0.2) is 61.4 Å². The summed E-state index contributed by atoms with van der Waals surface area (Å²) in [5.74, 6) is 0.0744. The Kier molecular flexibility index (Phi) is 7.27. The molecule has 1 aliphatic carbocycles. The van der Waals surface area contributed by atoms with Gasteiger partial charge in [0.1, 0.15) is 0 Å². The van der Waals surface area contributed by atoms with E-state index in [9.17, 15) is 9.90 Å². The van der Waals surface area contributed by atoms with Crippen LogP contribution in [0.3, 0.4) is 0 Å². The van der Waals surface area contributed by atoms with E-state index >= 15 is 0 Å². The van der Waals surface area contributed by atoms with Gasteiger partial charge in [0, 0.05) is 36.5 Å². The molecule has 2 unspecified atom stereocenters. The van der Waals surface area contributed by atoms with Gasteiger partial charge < -0.3 is 20.1 Å². The number of amides is 1. The zero-order valence-electron chi connectivity index (χ0n) is 17.6. The first kappa shape index (κ1) is 21.3. The maximum atomic E-state index is 13.0. The summed E-state index contributed by atoms with van der Waals surface area (Å²) in [5, 5.41) is 13.3. The molecule has 2 aliphatic heterocycles. The third kappa shape index (κ3) is 5.60. The van der Waals surface area contributed by atoms with Crippen LogP contribution in [-0.2, 0) is 17.6 Å². The van der Waals surface area contributed by atoms with Crippen LogP contribution in [0.1, 0.15) is 71.5 Å². The Morgan fingerprint density at radius 1 is 1.24 bits per heavy atom. The molecule has 0 bridgehead atoms. The minimum Gasteiger partial charge on any atom is -0.392 e. The van der Waals surface area contributed by atoms with E-state index in [0.717, 1.165) is 69.6 Å². The number of ether oxygens (including phenoxy) is 1. The van der Waals surface area contributed by atoms with E-state index in [1.807, 2.05) is 0 Å². The number of aliphatic hydroxyl groups excluding tert-OH is 1. The molecule has 1 aromatic heterocycles. The maximum Gasteiger partial charge on any atom is 0.261 e. The standard InChI is InChI=1S/C23H36N2O3S/c26-19-8-5-11-25(14-19)16-23(10-6-12-28-17-23)15-24-22(27)21-13-18-7-3-1-2-4-9-20(18)29-21/h13,19,26H,1-12,14-17H2,(H,24,27). The quantitative estimate of drug-likeness (QED) is 0.767. The summed E-state index contributed by atoms with van der Waals surface area (Å²) in [6.07, 6.45) is 11.2. The SMILES string of the molecule is O=C(NCC1(CN2CCCC(O)C2)CCCOC1)c1cc2c(s1)CCCCCC2. The average molecular weight is 421 g/mol. The molecular weight excluding hydrogens is 384 g/mol. The summed E-state index contributed by atoms with van der Waals surface area (Å²) in [5.41, 5.74) is 1.36. The number of fused-ring (bicyclic) bond motifs is 1. The van der Waals surface area contributed by atoms with Gasteiger partial charge in [-0.3, -0.25) is 4.79 Å². The van der Waals surface area contributed by atoms with Crippen molar-refractivity contribution in [2.45, 2.75) is 70.3 Å². The van der Waals surface area contributed by atoms with Crippen molar-refractivity contribution in [3.8, 4) is 0 Å². The maximum absolute atomic E-state index is 13.0. The van der Waals surface area contributed by atoms with E-state index in [1.165, 1.54) is 36.1 Å². The number of rotatable bonds is 5. The minimum absolute atomic E-state index is 0.0448. The first-order chi connectivity index (χ1) is 14.1. The number of thiophene rings is 1. The third-order valence-corrected chi connectivity index (χ3v) is 8.02. The number of aryl methyl sites for hydroxylation is 2. The van der Waals surface area contributed by atoms with Crippen molar-refractivity contribution in [3.05, 3.63) is 21.4 Å². The van der Waals surface area contributed by atoms with E-state index in [0.29, 0.717) is 13.2 Å². The highest BCUT2D eigenvalue weighted by Crippen LogP contribution is 2.32. The topological polar surface area (TPSA) is 61.8 Å². The van der Waals surface area contributed by atoms with E-state index in [2.05, 4.69) is 16.3 Å². The molecule has 1 amide bonds. The number of nitrogens with zero attached hydrogens (tertiary/aromatic N) is 1. The molecule has 2 saturated heterocycles. The van der Waals surface area contributed by atoms with Gasteiger partial charge >= 0.3 is 0 Å². The van der Waals surface area contributed by atoms with Gasteiger partial charge in [0.05, 0.1) is 17.6 Å². The average Bonchev–Trinajstić information content (AvgIpc) is 3.09. The molecule has 4 rings (SSSR count). The van der Waals surface area contributed by atoms with E-state index in [1.54, 1.807) is 11.3 Å². The molecule has 5 nitrogen and oxygen atoms in total. The Morgan fingerprint density at radius 2 is 2.10 bits per heavy atom. The van der Waals surface area contributed by atoms with Gasteiger partial charge in [0.2, 0.25) is 0 Å². The molecule has 1 aromatic rings. The number of hydrogen-bond donors (Lipinski definition) is 2. The smallest absolute Gasteiger partial charge is 0.261 e. The molecule has 3 heterocycles. The Labute approximate surface area is 178 Å². The van der Waals surface area contributed by atoms with Crippen molar-refractivity contribution < 1.29 is 14.6 Å². The largest absolute Gasteiger partial charge is 0.392 e. The Hall–Kier alpha value is -0.950. The second-order valence-electron chi connectivity index (χ2n) is 9.34. The third-order valence-electron chi connectivity index (χ3n) is 6.79. The molecule has 0 saturated carbocycles. The fraction of sp³-hybridized carbons (Fsp3) is 0.783. The molecule has 0 aromatic carbocycles. The lowest BCUT2D eigenvalue weighted by Gasteiger charge is -2.42. The number of β-amino-alcohol motifs (C(OH)–C–C–N with tert-alkyl or cyclic N) is 1. The predicted octanol–water partition coefficient (Wildman–Crippen LogP) is 3.39. The number of hydrogen-bond acceptors (Lipinski definition) is 5. The van der Waals surface area contributed by atoms with Gasteiger partial charge in [-0.15, -0.1) is 11.3 Å². The van der Waals surface area contributed by atoms with Gasteiger partial charge in [0.15, 0.2) is 0 Å². The summed E-state index contributed by atoms with van der Waals surface area (Å²) in [6, 6.07) is 2.14. The van der Waals surface area contributed by atoms with Gasteiger partial charge in [-0.25, -0.2) is 0 Å². The van der Waals surface area contributed by atoms with Crippen LogP contribution in [0.4, 0.5) is 0 Å². The molecule has 2 atom stereocenters. The van der Waals surface area contributed by atoms with Gasteiger partial charge in [0.25, 0.3) is 5.91 Å². The number of nitrogens with one attached hydrogen (secondary N) is 1. The van der Waals surface area contributed by atoms with Crippen molar-refractivity contribution in [1.29, 1.82) is 0 Å². The number of aliphatic hydroxyl groups is 1. The predicted molar refractivity (Wildman–Crippen MR) is 117 cm³/mol. The van der Waals surface area contributed by atoms with Gasteiger partial charge in [-0.05, 0) is 69.5 Å². The summed E-state index contributed by atoms with van der Waals surface area (Å²) in [6.45, 7) is 4.83. The van der Waals surface area contributed by atoms with Gasteiger partial charge in [-0.1, -0.05) is 12.8 Å². The highest BCUT2D eigenvalue weighted by atomic mass is 32.1. The molecule has 0 radical (unpaired) electrons. The zero-order valence-corrected chi connectivity index (χ0v) is 18.4. The van der Waals surface area contributed by atoms with Crippen molar-refractivity contribution in [3.63, 3.8) is 0 Å². The van der Waals surface area contributed by atoms with Crippen LogP contribution in [0, 0.1) is 5.41 Å². The van der Waals surface area contributed by atoms with Crippen molar-refractivity contribution >= 4 is 17.2 Å². The second-order valence-corrected chi connectivity index (χ2v) is 10.5. The Morgan fingerprint density at radius 3 is 2.90 bits per heavy atom. The molecule has 162 valence electrons. The fourth-order valence-electron chi connectivity index (χ4n) is 5.19. The molecule has 2 N–H and O–H groups in total. The van der Waals surface area contributed by atoms with Crippen LogP contribution >= 0.6 is 11.3 Å². The molecule has 2 fully saturated rings. The first-order valence-corrected chi connectivity index (χ1v) is 12.3. The van der Waals surface area contributed by atoms with Crippen LogP contribution in [0.2, 0.25) is 0 Å². The number of piperidine rings is 1. The number of carbonyl (C=O) groups is 1.